The van der Waals surface area contributed by atoms with Crippen LogP contribution in [0.25, 0.3) is 0 Å². The van der Waals surface area contributed by atoms with Gasteiger partial charge in [0.2, 0.25) is 5.91 Å². The molecule has 0 bridgehead atoms. The molecule has 1 saturated carbocycles. The third-order valence-corrected chi connectivity index (χ3v) is 5.42. The molecule has 0 radical (unpaired) electrons. The molecule has 1 amide bonds. The van der Waals surface area contributed by atoms with Crippen molar-refractivity contribution in [2.24, 2.45) is 5.92 Å². The van der Waals surface area contributed by atoms with Crippen LogP contribution in [0.3, 0.4) is 0 Å². The maximum atomic E-state index is 13.2. The van der Waals surface area contributed by atoms with Gasteiger partial charge in [0.05, 0.1) is 12.5 Å². The Morgan fingerprint density at radius 1 is 1.18 bits per heavy atom. The van der Waals surface area contributed by atoms with Crippen molar-refractivity contribution in [3.63, 3.8) is 0 Å². The number of hydrogen-bond donors (Lipinski definition) is 0. The van der Waals surface area contributed by atoms with Gasteiger partial charge in [-0.1, -0.05) is 24.3 Å². The molecule has 4 rings (SSSR count). The highest BCUT2D eigenvalue weighted by Crippen LogP contribution is 2.37. The fraction of sp³-hybridized carbons (Fsp3) is 0.632. The van der Waals surface area contributed by atoms with E-state index in [0.717, 1.165) is 45.4 Å². The molecule has 2 unspecified atom stereocenters. The summed E-state index contributed by atoms with van der Waals surface area (Å²) in [5, 5.41) is 0. The maximum Gasteiger partial charge on any atom is 0.230 e. The van der Waals surface area contributed by atoms with Gasteiger partial charge in [-0.05, 0) is 49.7 Å². The van der Waals surface area contributed by atoms with E-state index in [9.17, 15) is 4.79 Å². The third-order valence-electron chi connectivity index (χ3n) is 5.42. The number of benzene rings is 1. The topological polar surface area (TPSA) is 29.5 Å². The van der Waals surface area contributed by atoms with Crippen LogP contribution in [0.5, 0.6) is 0 Å². The summed E-state index contributed by atoms with van der Waals surface area (Å²) in [5.41, 5.74) is 2.67. The Balaban J connectivity index is 1.54. The minimum absolute atomic E-state index is 0.0906. The minimum atomic E-state index is 0.0906. The molecule has 2 fully saturated rings. The number of carbonyl (C=O) groups excluding carboxylic acids is 1. The third kappa shape index (κ3) is 2.79. The first-order valence-corrected chi connectivity index (χ1v) is 8.79. The van der Waals surface area contributed by atoms with Crippen molar-refractivity contribution in [2.45, 2.75) is 50.5 Å². The molecule has 118 valence electrons. The monoisotopic (exact) mass is 299 g/mol. The zero-order chi connectivity index (χ0) is 14.9. The van der Waals surface area contributed by atoms with E-state index in [2.05, 4.69) is 29.2 Å². The van der Waals surface area contributed by atoms with Crippen LogP contribution in [0.2, 0.25) is 0 Å². The average molecular weight is 299 g/mol. The summed E-state index contributed by atoms with van der Waals surface area (Å²) in [4.78, 5) is 15.4. The lowest BCUT2D eigenvalue weighted by atomic mass is 9.82. The normalized spacial score (nSPS) is 27.5. The maximum absolute atomic E-state index is 13.2. The smallest absolute Gasteiger partial charge is 0.230 e. The molecule has 1 aromatic rings. The Bertz CT molecular complexity index is 546. The molecule has 3 heteroatoms. The van der Waals surface area contributed by atoms with E-state index in [1.54, 1.807) is 0 Å². The number of amides is 1. The number of nitrogens with zero attached hydrogens (tertiary/aromatic N) is 1. The van der Waals surface area contributed by atoms with Crippen molar-refractivity contribution >= 4 is 5.91 Å². The van der Waals surface area contributed by atoms with Gasteiger partial charge in [-0.2, -0.15) is 0 Å². The summed E-state index contributed by atoms with van der Waals surface area (Å²) >= 11 is 0. The van der Waals surface area contributed by atoms with Gasteiger partial charge in [0.25, 0.3) is 0 Å². The Kier molecular flexibility index (Phi) is 3.91. The first kappa shape index (κ1) is 14.3. The molecule has 2 aliphatic carbocycles. The van der Waals surface area contributed by atoms with Gasteiger partial charge in [-0.3, -0.25) is 4.79 Å². The second-order valence-corrected chi connectivity index (χ2v) is 7.10. The van der Waals surface area contributed by atoms with Gasteiger partial charge in [-0.15, -0.1) is 0 Å². The van der Waals surface area contributed by atoms with Gasteiger partial charge in [0.15, 0.2) is 0 Å². The molecular formula is C19H25NO2. The summed E-state index contributed by atoms with van der Waals surface area (Å²) in [6, 6.07) is 9.04. The Morgan fingerprint density at radius 3 is 2.82 bits per heavy atom. The molecule has 3 aliphatic rings. The first-order valence-electron chi connectivity index (χ1n) is 8.79. The van der Waals surface area contributed by atoms with E-state index < -0.39 is 0 Å². The van der Waals surface area contributed by atoms with Crippen molar-refractivity contribution in [1.82, 2.24) is 4.90 Å². The standard InChI is InChI=1S/C19H25NO2/c21-19(18-7-3-5-15-4-1-2-6-17(15)18)20(16-8-9-16)12-14-10-11-22-13-14/h1-2,4,6,14,16,18H,3,5,7-13H2. The number of fused-ring (bicyclic) bond motifs is 1. The van der Waals surface area contributed by atoms with Gasteiger partial charge in [-0.25, -0.2) is 0 Å². The molecule has 22 heavy (non-hydrogen) atoms. The summed E-state index contributed by atoms with van der Waals surface area (Å²) in [5.74, 6) is 1.01. The SMILES string of the molecule is O=C(C1CCCc2ccccc21)N(CC1CCOC1)C1CC1. The van der Waals surface area contributed by atoms with Crippen LogP contribution in [-0.2, 0) is 16.0 Å². The molecule has 1 saturated heterocycles. The van der Waals surface area contributed by atoms with Gasteiger partial charge in [0.1, 0.15) is 0 Å². The van der Waals surface area contributed by atoms with Crippen molar-refractivity contribution in [3.05, 3.63) is 35.4 Å². The minimum Gasteiger partial charge on any atom is -0.381 e. The number of aryl methyl sites for hydroxylation is 1. The average Bonchev–Trinajstić information content (AvgIpc) is 3.27. The number of hydrogen-bond acceptors (Lipinski definition) is 2. The molecule has 0 aromatic heterocycles. The molecule has 2 atom stereocenters. The fourth-order valence-corrected chi connectivity index (χ4v) is 4.02. The molecule has 0 N–H and O–H groups in total. The highest BCUT2D eigenvalue weighted by atomic mass is 16.5. The quantitative estimate of drug-likeness (QED) is 0.855. The lowest BCUT2D eigenvalue weighted by Gasteiger charge is -2.32. The van der Waals surface area contributed by atoms with Crippen LogP contribution in [0, 0.1) is 5.92 Å². The highest BCUT2D eigenvalue weighted by molar-refractivity contribution is 5.85. The molecular weight excluding hydrogens is 274 g/mol. The van der Waals surface area contributed by atoms with Crippen LogP contribution in [0.1, 0.15) is 49.1 Å². The largest absolute Gasteiger partial charge is 0.381 e. The highest BCUT2D eigenvalue weighted by Gasteiger charge is 2.38. The van der Waals surface area contributed by atoms with E-state index in [0.29, 0.717) is 17.9 Å². The number of rotatable bonds is 4. The number of ether oxygens (including phenoxy) is 1. The van der Waals surface area contributed by atoms with Gasteiger partial charge >= 0.3 is 0 Å². The molecule has 0 spiro atoms. The summed E-state index contributed by atoms with van der Waals surface area (Å²) < 4.78 is 5.50. The zero-order valence-electron chi connectivity index (χ0n) is 13.2. The van der Waals surface area contributed by atoms with Gasteiger partial charge < -0.3 is 9.64 Å². The molecule has 1 heterocycles. The number of carbonyl (C=O) groups is 1. The van der Waals surface area contributed by atoms with Crippen LogP contribution in [-0.4, -0.2) is 36.6 Å². The van der Waals surface area contributed by atoms with Crippen molar-refractivity contribution < 1.29 is 9.53 Å². The summed E-state index contributed by atoms with van der Waals surface area (Å²) in [7, 11) is 0. The van der Waals surface area contributed by atoms with E-state index >= 15 is 0 Å². The molecule has 1 aliphatic heterocycles. The van der Waals surface area contributed by atoms with E-state index in [4.69, 9.17) is 4.74 Å². The Hall–Kier alpha value is -1.35. The van der Waals surface area contributed by atoms with Crippen LogP contribution < -0.4 is 0 Å². The van der Waals surface area contributed by atoms with Crippen LogP contribution >= 0.6 is 0 Å². The second kappa shape index (κ2) is 6.04. The predicted molar refractivity (Wildman–Crippen MR) is 85.8 cm³/mol. The van der Waals surface area contributed by atoms with E-state index in [1.807, 2.05) is 0 Å². The Morgan fingerprint density at radius 2 is 2.05 bits per heavy atom. The van der Waals surface area contributed by atoms with E-state index in [-0.39, 0.29) is 5.92 Å². The molecule has 3 nitrogen and oxygen atoms in total. The van der Waals surface area contributed by atoms with Crippen molar-refractivity contribution in [2.75, 3.05) is 19.8 Å². The summed E-state index contributed by atoms with van der Waals surface area (Å²) in [6.07, 6.45) is 6.76. The van der Waals surface area contributed by atoms with Crippen molar-refractivity contribution in [3.8, 4) is 0 Å². The predicted octanol–water partition coefficient (Wildman–Crippen LogP) is 3.13. The summed E-state index contributed by atoms with van der Waals surface area (Å²) in [6.45, 7) is 2.60. The first-order chi connectivity index (χ1) is 10.8. The lowest BCUT2D eigenvalue weighted by Crippen LogP contribution is -2.41. The second-order valence-electron chi connectivity index (χ2n) is 7.10. The zero-order valence-corrected chi connectivity index (χ0v) is 13.2. The van der Waals surface area contributed by atoms with Crippen LogP contribution in [0.4, 0.5) is 0 Å². The molecule has 1 aromatic carbocycles. The van der Waals surface area contributed by atoms with Gasteiger partial charge in [0, 0.05) is 25.1 Å². The van der Waals surface area contributed by atoms with Crippen LogP contribution in [0.15, 0.2) is 24.3 Å². The lowest BCUT2D eigenvalue weighted by molar-refractivity contribution is -0.134. The Labute approximate surface area is 132 Å². The van der Waals surface area contributed by atoms with Crippen molar-refractivity contribution in [1.29, 1.82) is 0 Å². The fourth-order valence-electron chi connectivity index (χ4n) is 4.02. The van der Waals surface area contributed by atoms with E-state index in [1.165, 1.54) is 24.0 Å².